The van der Waals surface area contributed by atoms with Crippen molar-refractivity contribution in [2.45, 2.75) is 19.9 Å². The molecule has 0 atom stereocenters. The Balaban J connectivity index is 1.29. The van der Waals surface area contributed by atoms with Gasteiger partial charge in [-0.1, -0.05) is 6.07 Å². The maximum absolute atomic E-state index is 14.8. The first-order chi connectivity index (χ1) is 18.0. The van der Waals surface area contributed by atoms with Crippen molar-refractivity contribution < 1.29 is 27.8 Å². The first kappa shape index (κ1) is 26.5. The Morgan fingerprint density at radius 3 is 2.65 bits per heavy atom. The highest BCUT2D eigenvalue weighted by molar-refractivity contribution is 5.78. The van der Waals surface area contributed by atoms with Gasteiger partial charge in [-0.3, -0.25) is 14.7 Å². The van der Waals surface area contributed by atoms with Crippen LogP contribution >= 0.6 is 0 Å². The molecule has 0 saturated carbocycles. The number of nitrogens with zero attached hydrogens (tertiary/aromatic N) is 2. The molecule has 1 aromatic heterocycles. The molecule has 1 fully saturated rings. The van der Waals surface area contributed by atoms with E-state index in [0.717, 1.165) is 32.8 Å². The van der Waals surface area contributed by atoms with Gasteiger partial charge in [0.1, 0.15) is 29.7 Å². The van der Waals surface area contributed by atoms with E-state index in [0.29, 0.717) is 47.1 Å². The van der Waals surface area contributed by atoms with E-state index >= 15 is 0 Å². The molecule has 7 nitrogen and oxygen atoms in total. The molecule has 1 amide bonds. The summed E-state index contributed by atoms with van der Waals surface area (Å²) in [4.78, 5) is 19.0. The van der Waals surface area contributed by atoms with Crippen LogP contribution in [-0.2, 0) is 22.5 Å². The predicted octanol–water partition coefficient (Wildman–Crippen LogP) is 4.00. The molecule has 3 aromatic rings. The van der Waals surface area contributed by atoms with Crippen molar-refractivity contribution in [3.05, 3.63) is 77.6 Å². The van der Waals surface area contributed by atoms with Crippen LogP contribution in [0.5, 0.6) is 11.5 Å². The monoisotopic (exact) mass is 511 g/mol. The number of ether oxygens (including phenoxy) is 3. The van der Waals surface area contributed by atoms with Gasteiger partial charge in [0.2, 0.25) is 5.91 Å². The van der Waals surface area contributed by atoms with E-state index < -0.39 is 11.6 Å². The van der Waals surface area contributed by atoms with Gasteiger partial charge in [-0.15, -0.1) is 0 Å². The van der Waals surface area contributed by atoms with Crippen LogP contribution in [0.15, 0.2) is 54.7 Å². The molecular formula is C28H31F2N3O4. The maximum Gasteiger partial charge on any atom is 0.226 e. The number of halogens is 2. The molecule has 37 heavy (non-hydrogen) atoms. The van der Waals surface area contributed by atoms with Gasteiger partial charge in [0.25, 0.3) is 0 Å². The smallest absolute Gasteiger partial charge is 0.226 e. The maximum atomic E-state index is 14.8. The summed E-state index contributed by atoms with van der Waals surface area (Å²) in [6.07, 6.45) is 1.58. The Labute approximate surface area is 215 Å². The second-order valence-corrected chi connectivity index (χ2v) is 8.62. The first-order valence-electron chi connectivity index (χ1n) is 12.4. The number of aromatic nitrogens is 1. The van der Waals surface area contributed by atoms with Gasteiger partial charge in [0.05, 0.1) is 26.2 Å². The SMILES string of the molecule is CCOc1ccc(F)cc1CNC(=O)Cc1ccc(-c2ccc(OCCN3CCOCC3)cc2F)cn1. The van der Waals surface area contributed by atoms with Crippen molar-refractivity contribution in [3.8, 4) is 22.6 Å². The molecular weight excluding hydrogens is 480 g/mol. The number of hydrogen-bond acceptors (Lipinski definition) is 6. The zero-order valence-corrected chi connectivity index (χ0v) is 20.8. The molecule has 9 heteroatoms. The van der Waals surface area contributed by atoms with E-state index in [1.54, 1.807) is 36.5 Å². The third-order valence-electron chi connectivity index (χ3n) is 6.00. The first-order valence-corrected chi connectivity index (χ1v) is 12.4. The highest BCUT2D eigenvalue weighted by Crippen LogP contribution is 2.26. The van der Waals surface area contributed by atoms with Crippen molar-refractivity contribution in [2.75, 3.05) is 46.1 Å². The third-order valence-corrected chi connectivity index (χ3v) is 6.00. The summed E-state index contributed by atoms with van der Waals surface area (Å²) in [5, 5.41) is 2.76. The number of hydrogen-bond donors (Lipinski definition) is 1. The van der Waals surface area contributed by atoms with Gasteiger partial charge in [-0.05, 0) is 43.3 Å². The van der Waals surface area contributed by atoms with Gasteiger partial charge < -0.3 is 19.5 Å². The highest BCUT2D eigenvalue weighted by Gasteiger charge is 2.13. The predicted molar refractivity (Wildman–Crippen MR) is 136 cm³/mol. The average molecular weight is 512 g/mol. The van der Waals surface area contributed by atoms with Crippen LogP contribution in [0.4, 0.5) is 8.78 Å². The van der Waals surface area contributed by atoms with Crippen LogP contribution in [0, 0.1) is 11.6 Å². The molecule has 0 unspecified atom stereocenters. The van der Waals surface area contributed by atoms with Gasteiger partial charge in [0, 0.05) is 60.8 Å². The molecule has 1 aliphatic heterocycles. The molecule has 2 aromatic carbocycles. The van der Waals surface area contributed by atoms with E-state index in [4.69, 9.17) is 14.2 Å². The number of amides is 1. The normalized spacial score (nSPS) is 13.8. The summed E-state index contributed by atoms with van der Waals surface area (Å²) in [6.45, 7) is 6.86. The van der Waals surface area contributed by atoms with Crippen LogP contribution in [-0.4, -0.2) is 61.9 Å². The van der Waals surface area contributed by atoms with Gasteiger partial charge in [-0.2, -0.15) is 0 Å². The second kappa shape index (κ2) is 13.1. The Bertz CT molecular complexity index is 1180. The number of morpholine rings is 1. The lowest BCUT2D eigenvalue weighted by Gasteiger charge is -2.26. The Morgan fingerprint density at radius 1 is 1.08 bits per heavy atom. The number of pyridine rings is 1. The lowest BCUT2D eigenvalue weighted by molar-refractivity contribution is -0.120. The van der Waals surface area contributed by atoms with Crippen molar-refractivity contribution in [2.24, 2.45) is 0 Å². The lowest BCUT2D eigenvalue weighted by Crippen LogP contribution is -2.38. The lowest BCUT2D eigenvalue weighted by atomic mass is 10.1. The fourth-order valence-electron chi connectivity index (χ4n) is 4.03. The van der Waals surface area contributed by atoms with Gasteiger partial charge in [-0.25, -0.2) is 8.78 Å². The van der Waals surface area contributed by atoms with Crippen LogP contribution in [0.1, 0.15) is 18.2 Å². The zero-order chi connectivity index (χ0) is 26.0. The van der Waals surface area contributed by atoms with E-state index in [-0.39, 0.29) is 18.9 Å². The van der Waals surface area contributed by atoms with Crippen molar-refractivity contribution in [1.29, 1.82) is 0 Å². The van der Waals surface area contributed by atoms with Crippen molar-refractivity contribution in [3.63, 3.8) is 0 Å². The van der Waals surface area contributed by atoms with Crippen molar-refractivity contribution in [1.82, 2.24) is 15.2 Å². The standard InChI is InChI=1S/C28H31F2N3O4/c1-2-36-27-8-4-22(29)15-21(27)19-32-28(34)16-23-5-3-20(18-31-23)25-7-6-24(17-26(25)30)37-14-11-33-9-12-35-13-10-33/h3-8,15,17-18H,2,9-14,16,19H2,1H3,(H,32,34). The molecule has 0 spiro atoms. The molecule has 1 N–H and O–H groups in total. The number of benzene rings is 2. The quantitative estimate of drug-likeness (QED) is 0.420. The second-order valence-electron chi connectivity index (χ2n) is 8.62. The van der Waals surface area contributed by atoms with Gasteiger partial charge in [0.15, 0.2) is 0 Å². The molecule has 4 rings (SSSR count). The molecule has 2 heterocycles. The molecule has 0 bridgehead atoms. The average Bonchev–Trinajstić information content (AvgIpc) is 2.90. The van der Waals surface area contributed by atoms with E-state index in [2.05, 4.69) is 15.2 Å². The highest BCUT2D eigenvalue weighted by atomic mass is 19.1. The summed E-state index contributed by atoms with van der Waals surface area (Å²) >= 11 is 0. The molecule has 1 aliphatic rings. The molecule has 0 radical (unpaired) electrons. The minimum absolute atomic E-state index is 0.0396. The minimum Gasteiger partial charge on any atom is -0.494 e. The zero-order valence-electron chi connectivity index (χ0n) is 20.8. The topological polar surface area (TPSA) is 72.9 Å². The van der Waals surface area contributed by atoms with Gasteiger partial charge >= 0.3 is 0 Å². The van der Waals surface area contributed by atoms with E-state index in [9.17, 15) is 13.6 Å². The fourth-order valence-corrected chi connectivity index (χ4v) is 4.03. The van der Waals surface area contributed by atoms with E-state index in [1.165, 1.54) is 18.2 Å². The molecule has 0 aliphatic carbocycles. The summed E-state index contributed by atoms with van der Waals surface area (Å²) < 4.78 is 44.9. The Morgan fingerprint density at radius 2 is 1.92 bits per heavy atom. The number of rotatable bonds is 11. The number of carbonyl (C=O) groups excluding carboxylic acids is 1. The van der Waals surface area contributed by atoms with Crippen LogP contribution in [0.25, 0.3) is 11.1 Å². The Kier molecular flexibility index (Phi) is 9.40. The summed E-state index contributed by atoms with van der Waals surface area (Å²) in [7, 11) is 0. The number of carbonyl (C=O) groups is 1. The largest absolute Gasteiger partial charge is 0.494 e. The summed E-state index contributed by atoms with van der Waals surface area (Å²) in [5.74, 6) is -0.0679. The van der Waals surface area contributed by atoms with Crippen LogP contribution in [0.3, 0.4) is 0 Å². The Hall–Kier alpha value is -3.56. The third kappa shape index (κ3) is 7.71. The van der Waals surface area contributed by atoms with Crippen molar-refractivity contribution >= 4 is 5.91 Å². The molecule has 196 valence electrons. The van der Waals surface area contributed by atoms with Crippen LogP contribution < -0.4 is 14.8 Å². The fraction of sp³-hybridized carbons (Fsp3) is 0.357. The van der Waals surface area contributed by atoms with Crippen LogP contribution in [0.2, 0.25) is 0 Å². The summed E-state index contributed by atoms with van der Waals surface area (Å²) in [6, 6.07) is 12.4. The minimum atomic E-state index is -0.406. The molecule has 1 saturated heterocycles. The number of nitrogens with one attached hydrogen (secondary N) is 1. The van der Waals surface area contributed by atoms with E-state index in [1.807, 2.05) is 6.92 Å². The summed E-state index contributed by atoms with van der Waals surface area (Å²) in [5.41, 5.74) is 2.10.